The van der Waals surface area contributed by atoms with Crippen LogP contribution >= 0.6 is 11.6 Å². The van der Waals surface area contributed by atoms with Crippen LogP contribution in [-0.2, 0) is 14.3 Å². The molecule has 146 valence electrons. The molecular weight excluding hydrogens is 391 g/mol. The number of fused-ring (bicyclic) bond motifs is 1. The zero-order chi connectivity index (χ0) is 20.6. The van der Waals surface area contributed by atoms with Gasteiger partial charge in [-0.05, 0) is 25.8 Å². The molecule has 0 saturated heterocycles. The van der Waals surface area contributed by atoms with E-state index in [1.165, 1.54) is 6.20 Å². The topological polar surface area (TPSA) is 98.4 Å². The summed E-state index contributed by atoms with van der Waals surface area (Å²) in [7, 11) is 1.07. The van der Waals surface area contributed by atoms with Crippen LogP contribution in [0.15, 0.2) is 17.1 Å². The van der Waals surface area contributed by atoms with Crippen molar-refractivity contribution in [3.8, 4) is 6.07 Å². The molecule has 0 bridgehead atoms. The van der Waals surface area contributed by atoms with E-state index in [9.17, 15) is 24.0 Å². The Morgan fingerprint density at radius 2 is 2.14 bits per heavy atom. The van der Waals surface area contributed by atoms with Gasteiger partial charge in [0.05, 0.1) is 35.7 Å². The number of benzene rings is 1. The highest BCUT2D eigenvalue weighted by molar-refractivity contribution is 6.36. The molecule has 1 atom stereocenters. The molecule has 1 aliphatic carbocycles. The minimum Gasteiger partial charge on any atom is -0.468 e. The second-order valence-corrected chi connectivity index (χ2v) is 6.68. The van der Waals surface area contributed by atoms with Gasteiger partial charge in [-0.1, -0.05) is 11.6 Å². The molecule has 0 amide bonds. The van der Waals surface area contributed by atoms with Gasteiger partial charge < -0.3 is 14.0 Å². The molecule has 0 aliphatic heterocycles. The Morgan fingerprint density at radius 1 is 1.46 bits per heavy atom. The fraction of sp³-hybridized carbons (Fsp3) is 0.368. The smallest absolute Gasteiger partial charge is 0.343 e. The minimum atomic E-state index is -1.59. The molecule has 3 rings (SSSR count). The molecule has 0 N–H and O–H groups in total. The number of aromatic nitrogens is 1. The van der Waals surface area contributed by atoms with E-state index in [1.54, 1.807) is 17.6 Å². The van der Waals surface area contributed by atoms with Crippen LogP contribution in [0.1, 0.15) is 47.6 Å². The van der Waals surface area contributed by atoms with E-state index in [1.807, 2.05) is 0 Å². The zero-order valence-corrected chi connectivity index (χ0v) is 15.9. The Morgan fingerprint density at radius 3 is 2.68 bits per heavy atom. The predicted octanol–water partition coefficient (Wildman–Crippen LogP) is 3.09. The van der Waals surface area contributed by atoms with Crippen LogP contribution in [-0.4, -0.2) is 30.2 Å². The molecule has 1 aromatic carbocycles. The molecule has 0 radical (unpaired) electrons. The van der Waals surface area contributed by atoms with E-state index >= 15 is 0 Å². The first-order valence-electron chi connectivity index (χ1n) is 8.56. The molecule has 9 heteroatoms. The Bertz CT molecular complexity index is 1080. The number of esters is 2. The van der Waals surface area contributed by atoms with Crippen molar-refractivity contribution in [3.63, 3.8) is 0 Å². The summed E-state index contributed by atoms with van der Waals surface area (Å²) in [6.07, 6.45) is 2.90. The van der Waals surface area contributed by atoms with E-state index in [0.717, 1.165) is 26.0 Å². The molecule has 1 heterocycles. The predicted molar refractivity (Wildman–Crippen MR) is 97.8 cm³/mol. The monoisotopic (exact) mass is 406 g/mol. The summed E-state index contributed by atoms with van der Waals surface area (Å²) in [5.41, 5.74) is -1.15. The standard InChI is InChI=1S/C19H16ClFN2O5/c1-3-28-19(26)12-8-23(9-4-5-9)16-10(17(12)24)6-13(21)14(15(16)20)11(7-22)18(25)27-2/h6,8-9,11H,3-5H2,1-2H3. The lowest BCUT2D eigenvalue weighted by molar-refractivity contribution is -0.141. The Hall–Kier alpha value is -2.92. The molecule has 1 fully saturated rings. The number of rotatable bonds is 5. The van der Waals surface area contributed by atoms with Gasteiger partial charge >= 0.3 is 11.9 Å². The van der Waals surface area contributed by atoms with Crippen molar-refractivity contribution < 1.29 is 23.5 Å². The molecule has 1 unspecified atom stereocenters. The number of carbonyl (C=O) groups excluding carboxylic acids is 2. The average molecular weight is 407 g/mol. The number of ether oxygens (including phenoxy) is 2. The first-order valence-corrected chi connectivity index (χ1v) is 8.94. The maximum atomic E-state index is 14.8. The molecule has 1 aromatic heterocycles. The number of nitrogens with zero attached hydrogens (tertiary/aromatic N) is 2. The van der Waals surface area contributed by atoms with Gasteiger partial charge in [-0.15, -0.1) is 0 Å². The van der Waals surface area contributed by atoms with Crippen molar-refractivity contribution >= 4 is 34.4 Å². The summed E-state index contributed by atoms with van der Waals surface area (Å²) in [6.45, 7) is 1.69. The molecule has 1 aliphatic rings. The zero-order valence-electron chi connectivity index (χ0n) is 15.1. The number of pyridine rings is 1. The summed E-state index contributed by atoms with van der Waals surface area (Å²) < 4.78 is 25.9. The van der Waals surface area contributed by atoms with Crippen molar-refractivity contribution in [1.82, 2.24) is 4.57 Å². The normalized spacial score (nSPS) is 14.4. The van der Waals surface area contributed by atoms with E-state index in [4.69, 9.17) is 16.3 Å². The van der Waals surface area contributed by atoms with E-state index in [-0.39, 0.29) is 39.7 Å². The molecule has 2 aromatic rings. The van der Waals surface area contributed by atoms with Gasteiger partial charge in [0.15, 0.2) is 5.92 Å². The highest BCUT2D eigenvalue weighted by Crippen LogP contribution is 2.41. The second kappa shape index (κ2) is 7.60. The Balaban J connectivity index is 2.37. The van der Waals surface area contributed by atoms with Crippen molar-refractivity contribution in [2.75, 3.05) is 13.7 Å². The molecular formula is C19H16ClFN2O5. The molecule has 7 nitrogen and oxygen atoms in total. The van der Waals surface area contributed by atoms with Crippen LogP contribution in [0.5, 0.6) is 0 Å². The van der Waals surface area contributed by atoms with Gasteiger partial charge in [0.2, 0.25) is 5.43 Å². The number of methoxy groups -OCH3 is 1. The first kappa shape index (κ1) is 19.8. The van der Waals surface area contributed by atoms with Crippen molar-refractivity contribution in [2.45, 2.75) is 31.7 Å². The van der Waals surface area contributed by atoms with Crippen LogP contribution in [0, 0.1) is 17.1 Å². The highest BCUT2D eigenvalue weighted by atomic mass is 35.5. The Labute approximate surface area is 164 Å². The summed E-state index contributed by atoms with van der Waals surface area (Å²) >= 11 is 6.39. The Kier molecular flexibility index (Phi) is 5.38. The lowest BCUT2D eigenvalue weighted by Gasteiger charge is -2.17. The highest BCUT2D eigenvalue weighted by Gasteiger charge is 2.33. The quantitative estimate of drug-likeness (QED) is 0.707. The molecule has 1 saturated carbocycles. The SMILES string of the molecule is CCOC(=O)c1cn(C2CC2)c2c(Cl)c(C(C#N)C(=O)OC)c(F)cc2c1=O. The van der Waals surface area contributed by atoms with Crippen LogP contribution < -0.4 is 5.43 Å². The van der Waals surface area contributed by atoms with Gasteiger partial charge in [-0.3, -0.25) is 9.59 Å². The third kappa shape index (κ3) is 3.22. The fourth-order valence-corrected chi connectivity index (χ4v) is 3.47. The molecule has 0 spiro atoms. The summed E-state index contributed by atoms with van der Waals surface area (Å²) in [5, 5.41) is 8.97. The largest absolute Gasteiger partial charge is 0.468 e. The number of hydrogen-bond donors (Lipinski definition) is 0. The summed E-state index contributed by atoms with van der Waals surface area (Å²) in [4.78, 5) is 36.8. The van der Waals surface area contributed by atoms with E-state index in [2.05, 4.69) is 4.74 Å². The number of carbonyl (C=O) groups is 2. The second-order valence-electron chi connectivity index (χ2n) is 6.30. The maximum Gasteiger partial charge on any atom is 0.343 e. The number of nitriles is 1. The third-order valence-electron chi connectivity index (χ3n) is 4.53. The first-order chi connectivity index (χ1) is 13.3. The lowest BCUT2D eigenvalue weighted by atomic mass is 9.97. The third-order valence-corrected chi connectivity index (χ3v) is 4.92. The lowest BCUT2D eigenvalue weighted by Crippen LogP contribution is -2.22. The van der Waals surface area contributed by atoms with Gasteiger partial charge in [0.1, 0.15) is 11.4 Å². The minimum absolute atomic E-state index is 0.0363. The van der Waals surface area contributed by atoms with Crippen LogP contribution in [0.25, 0.3) is 10.9 Å². The van der Waals surface area contributed by atoms with Crippen molar-refractivity contribution in [1.29, 1.82) is 5.26 Å². The van der Waals surface area contributed by atoms with Gasteiger partial charge in [-0.2, -0.15) is 5.26 Å². The average Bonchev–Trinajstić information content (AvgIpc) is 3.50. The maximum absolute atomic E-state index is 14.8. The molecule has 28 heavy (non-hydrogen) atoms. The van der Waals surface area contributed by atoms with Crippen molar-refractivity contribution in [3.05, 3.63) is 44.5 Å². The van der Waals surface area contributed by atoms with E-state index in [0.29, 0.717) is 0 Å². The summed E-state index contributed by atoms with van der Waals surface area (Å²) in [6, 6.07) is 2.54. The number of hydrogen-bond acceptors (Lipinski definition) is 6. The van der Waals surface area contributed by atoms with Gasteiger partial charge in [0.25, 0.3) is 0 Å². The van der Waals surface area contributed by atoms with Gasteiger partial charge in [0, 0.05) is 17.8 Å². The van der Waals surface area contributed by atoms with Crippen molar-refractivity contribution in [2.24, 2.45) is 0 Å². The van der Waals surface area contributed by atoms with Crippen LogP contribution in [0.2, 0.25) is 5.02 Å². The van der Waals surface area contributed by atoms with Crippen LogP contribution in [0.4, 0.5) is 4.39 Å². The van der Waals surface area contributed by atoms with Gasteiger partial charge in [-0.25, -0.2) is 9.18 Å². The van der Waals surface area contributed by atoms with E-state index < -0.39 is 29.1 Å². The summed E-state index contributed by atoms with van der Waals surface area (Å²) in [5.74, 6) is -4.37. The fourth-order valence-electron chi connectivity index (χ4n) is 3.07. The number of halogens is 2. The van der Waals surface area contributed by atoms with Crippen LogP contribution in [0.3, 0.4) is 0 Å².